The Bertz CT molecular complexity index is 1390. The number of furan rings is 1. The Morgan fingerprint density at radius 3 is 2.67 bits per heavy atom. The average molecular weight is 441 g/mol. The predicted molar refractivity (Wildman–Crippen MR) is 123 cm³/mol. The second kappa shape index (κ2) is 8.74. The molecule has 1 amide bonds. The summed E-state index contributed by atoms with van der Waals surface area (Å²) in [5.74, 6) is 1.90. The molecule has 0 spiro atoms. The zero-order valence-corrected chi connectivity index (χ0v) is 18.4. The number of nitrogens with zero attached hydrogens (tertiary/aromatic N) is 5. The Morgan fingerprint density at radius 1 is 1.06 bits per heavy atom. The number of imidazole rings is 1. The summed E-state index contributed by atoms with van der Waals surface area (Å²) in [6.45, 7) is 4.77. The van der Waals surface area contributed by atoms with Crippen molar-refractivity contribution in [3.05, 3.63) is 84.2 Å². The summed E-state index contributed by atoms with van der Waals surface area (Å²) in [6.07, 6.45) is 2.35. The predicted octanol–water partition coefficient (Wildman–Crippen LogP) is 5.03. The van der Waals surface area contributed by atoms with Gasteiger partial charge in [-0.15, -0.1) is 10.2 Å². The van der Waals surface area contributed by atoms with Crippen LogP contribution in [0.4, 0.5) is 0 Å². The third-order valence-electron chi connectivity index (χ3n) is 5.39. The summed E-state index contributed by atoms with van der Waals surface area (Å²) >= 11 is 0. The molecule has 0 fully saturated rings. The highest BCUT2D eigenvalue weighted by Crippen LogP contribution is 2.24. The van der Waals surface area contributed by atoms with E-state index in [1.54, 1.807) is 23.3 Å². The summed E-state index contributed by atoms with van der Waals surface area (Å²) in [5, 5.41) is 8.11. The monoisotopic (exact) mass is 441 g/mol. The molecule has 0 saturated heterocycles. The van der Waals surface area contributed by atoms with E-state index >= 15 is 0 Å². The number of amides is 1. The molecule has 2 aromatic carbocycles. The summed E-state index contributed by atoms with van der Waals surface area (Å²) in [4.78, 5) is 19.8. The van der Waals surface area contributed by atoms with E-state index in [0.717, 1.165) is 29.0 Å². The number of hydrogen-bond donors (Lipinski definition) is 0. The van der Waals surface area contributed by atoms with Gasteiger partial charge in [0.1, 0.15) is 5.82 Å². The maximum atomic E-state index is 13.4. The van der Waals surface area contributed by atoms with Crippen molar-refractivity contribution in [1.29, 1.82) is 0 Å². The van der Waals surface area contributed by atoms with E-state index in [4.69, 9.17) is 13.8 Å². The van der Waals surface area contributed by atoms with Crippen molar-refractivity contribution in [3.8, 4) is 17.3 Å². The minimum Gasteiger partial charge on any atom is -0.459 e. The second-order valence-electron chi connectivity index (χ2n) is 7.74. The second-order valence-corrected chi connectivity index (χ2v) is 7.74. The van der Waals surface area contributed by atoms with E-state index in [1.165, 1.54) is 0 Å². The fourth-order valence-corrected chi connectivity index (χ4v) is 3.92. The van der Waals surface area contributed by atoms with Crippen molar-refractivity contribution in [2.45, 2.75) is 26.8 Å². The van der Waals surface area contributed by atoms with Gasteiger partial charge < -0.3 is 13.7 Å². The van der Waals surface area contributed by atoms with Gasteiger partial charge in [0.2, 0.25) is 5.89 Å². The molecule has 5 aromatic rings. The van der Waals surface area contributed by atoms with Crippen LogP contribution < -0.4 is 0 Å². The number of fused-ring (bicyclic) bond motifs is 1. The summed E-state index contributed by atoms with van der Waals surface area (Å²) in [7, 11) is 0. The van der Waals surface area contributed by atoms with Gasteiger partial charge in [-0.05, 0) is 55.8 Å². The van der Waals surface area contributed by atoms with E-state index in [0.29, 0.717) is 29.6 Å². The maximum absolute atomic E-state index is 13.4. The third-order valence-corrected chi connectivity index (χ3v) is 5.39. The topological polar surface area (TPSA) is 90.2 Å². The van der Waals surface area contributed by atoms with Gasteiger partial charge >= 0.3 is 0 Å². The molecule has 33 heavy (non-hydrogen) atoms. The van der Waals surface area contributed by atoms with Crippen molar-refractivity contribution in [2.75, 3.05) is 6.54 Å². The molecule has 5 rings (SSSR count). The molecule has 0 aliphatic heterocycles. The molecule has 0 bridgehead atoms. The smallest absolute Gasteiger partial charge is 0.283 e. The van der Waals surface area contributed by atoms with E-state index in [1.807, 2.05) is 62.4 Å². The fraction of sp³-hybridized carbons (Fsp3) is 0.200. The number of carbonyl (C=O) groups is 1. The lowest BCUT2D eigenvalue weighted by molar-refractivity contribution is 0.0728. The molecule has 0 saturated carbocycles. The van der Waals surface area contributed by atoms with Crippen LogP contribution >= 0.6 is 0 Å². The highest BCUT2D eigenvalue weighted by molar-refractivity contribution is 5.97. The Kier molecular flexibility index (Phi) is 5.48. The highest BCUT2D eigenvalue weighted by Gasteiger charge is 2.21. The van der Waals surface area contributed by atoms with E-state index in [2.05, 4.69) is 14.8 Å². The van der Waals surface area contributed by atoms with Crippen molar-refractivity contribution in [2.24, 2.45) is 0 Å². The molecule has 8 nitrogen and oxygen atoms in total. The van der Waals surface area contributed by atoms with E-state index < -0.39 is 0 Å². The lowest BCUT2D eigenvalue weighted by atomic mass is 10.1. The molecule has 0 unspecified atom stereocenters. The molecular weight excluding hydrogens is 418 g/mol. The first-order valence-electron chi connectivity index (χ1n) is 10.8. The van der Waals surface area contributed by atoms with Crippen molar-refractivity contribution < 1.29 is 13.6 Å². The van der Waals surface area contributed by atoms with Crippen LogP contribution in [0.3, 0.4) is 0 Å². The minimum atomic E-state index is -0.108. The van der Waals surface area contributed by atoms with Crippen molar-refractivity contribution >= 4 is 16.9 Å². The van der Waals surface area contributed by atoms with Gasteiger partial charge in [-0.3, -0.25) is 9.36 Å². The Balaban J connectivity index is 1.42. The first kappa shape index (κ1) is 20.7. The molecule has 0 radical (unpaired) electrons. The summed E-state index contributed by atoms with van der Waals surface area (Å²) in [6, 6.07) is 19.2. The quantitative estimate of drug-likeness (QED) is 0.352. The van der Waals surface area contributed by atoms with Crippen LogP contribution in [-0.4, -0.2) is 37.1 Å². The van der Waals surface area contributed by atoms with Crippen LogP contribution in [0.1, 0.15) is 35.4 Å². The SMILES string of the molecule is CCCN(Cc1nnc(-c2ccco2)o1)C(=O)c1ccc2c(c1)nc(C)n2-c1ccccc1. The first-order valence-corrected chi connectivity index (χ1v) is 10.8. The lowest BCUT2D eigenvalue weighted by Gasteiger charge is -2.20. The normalized spacial score (nSPS) is 11.2. The van der Waals surface area contributed by atoms with Crippen LogP contribution in [0, 0.1) is 6.92 Å². The Hall–Kier alpha value is -4.20. The largest absolute Gasteiger partial charge is 0.459 e. The zero-order chi connectivity index (χ0) is 22.8. The van der Waals surface area contributed by atoms with Gasteiger partial charge in [-0.25, -0.2) is 4.98 Å². The molecule has 0 N–H and O–H groups in total. The molecule has 3 heterocycles. The Labute approximate surface area is 190 Å². The van der Waals surface area contributed by atoms with Crippen molar-refractivity contribution in [1.82, 2.24) is 24.6 Å². The van der Waals surface area contributed by atoms with Gasteiger partial charge in [-0.2, -0.15) is 0 Å². The molecule has 0 aliphatic carbocycles. The van der Waals surface area contributed by atoms with Gasteiger partial charge in [0.25, 0.3) is 11.8 Å². The number of benzene rings is 2. The standard InChI is InChI=1S/C25H23N5O3/c1-3-13-29(16-23-27-28-24(33-23)22-10-7-14-32-22)25(31)18-11-12-21-20(15-18)26-17(2)30(21)19-8-5-4-6-9-19/h4-12,14-15H,3,13,16H2,1-2H3. The zero-order valence-electron chi connectivity index (χ0n) is 18.4. The van der Waals surface area contributed by atoms with Crippen LogP contribution in [-0.2, 0) is 6.54 Å². The Morgan fingerprint density at radius 2 is 1.91 bits per heavy atom. The fourth-order valence-electron chi connectivity index (χ4n) is 3.92. The van der Waals surface area contributed by atoms with Crippen LogP contribution in [0.25, 0.3) is 28.4 Å². The molecule has 0 aliphatic rings. The minimum absolute atomic E-state index is 0.108. The number of carbonyl (C=O) groups excluding carboxylic acids is 1. The first-order chi connectivity index (χ1) is 16.1. The van der Waals surface area contributed by atoms with Gasteiger partial charge in [-0.1, -0.05) is 25.1 Å². The molecule has 0 atom stereocenters. The van der Waals surface area contributed by atoms with Crippen molar-refractivity contribution in [3.63, 3.8) is 0 Å². The van der Waals surface area contributed by atoms with E-state index in [-0.39, 0.29) is 12.5 Å². The molecule has 166 valence electrons. The number of para-hydroxylation sites is 1. The van der Waals surface area contributed by atoms with Gasteiger partial charge in [0.15, 0.2) is 5.76 Å². The summed E-state index contributed by atoms with van der Waals surface area (Å²) in [5.41, 5.74) is 3.33. The molecular formula is C25H23N5O3. The number of aryl methyl sites for hydroxylation is 1. The van der Waals surface area contributed by atoms with Crippen LogP contribution in [0.15, 0.2) is 75.8 Å². The molecule has 8 heteroatoms. The maximum Gasteiger partial charge on any atom is 0.283 e. The van der Waals surface area contributed by atoms with Gasteiger partial charge in [0, 0.05) is 17.8 Å². The van der Waals surface area contributed by atoms with E-state index in [9.17, 15) is 4.79 Å². The third kappa shape index (κ3) is 4.03. The van der Waals surface area contributed by atoms with Gasteiger partial charge in [0.05, 0.1) is 23.8 Å². The number of hydrogen-bond acceptors (Lipinski definition) is 6. The summed E-state index contributed by atoms with van der Waals surface area (Å²) < 4.78 is 13.1. The molecule has 3 aromatic heterocycles. The number of aromatic nitrogens is 4. The van der Waals surface area contributed by atoms with Crippen LogP contribution in [0.2, 0.25) is 0 Å². The average Bonchev–Trinajstić information content (AvgIpc) is 3.58. The highest BCUT2D eigenvalue weighted by atomic mass is 16.4. The number of rotatable bonds is 7. The lowest BCUT2D eigenvalue weighted by Crippen LogP contribution is -2.31. The van der Waals surface area contributed by atoms with Crippen LogP contribution in [0.5, 0.6) is 0 Å².